The molecule has 15 heteroatoms. The molecule has 0 aliphatic rings. The van der Waals surface area contributed by atoms with Crippen LogP contribution in [0.1, 0.15) is 57.8 Å². The predicted octanol–water partition coefficient (Wildman–Crippen LogP) is -0.690. The molecule has 0 aromatic rings. The summed E-state index contributed by atoms with van der Waals surface area (Å²) in [6.07, 6.45) is -0.681. The van der Waals surface area contributed by atoms with Crippen LogP contribution in [0, 0.1) is 0 Å². The van der Waals surface area contributed by atoms with Crippen molar-refractivity contribution in [2.75, 3.05) is 13.2 Å². The maximum atomic E-state index is 9.90. The lowest BCUT2D eigenvalue weighted by atomic mass is 10.2. The van der Waals surface area contributed by atoms with E-state index in [0.29, 0.717) is 12.8 Å². The zero-order chi connectivity index (χ0) is 26.8. The molecular weight excluding hydrogens is 456 g/mol. The van der Waals surface area contributed by atoms with Crippen molar-refractivity contribution >= 4 is 35.8 Å². The fourth-order valence-corrected chi connectivity index (χ4v) is 1.24. The normalized spacial score (nSPS) is 9.91. The Bertz CT molecular complexity index is 539. The van der Waals surface area contributed by atoms with E-state index in [1.807, 2.05) is 0 Å². The van der Waals surface area contributed by atoms with E-state index in [9.17, 15) is 28.8 Å². The Morgan fingerprint density at radius 1 is 0.485 bits per heavy atom. The molecular formula is C18H32O15. The third-order valence-corrected chi connectivity index (χ3v) is 2.80. The molecule has 0 aromatic carbocycles. The second-order valence-electron chi connectivity index (χ2n) is 5.89. The first-order valence-corrected chi connectivity index (χ1v) is 9.42. The summed E-state index contributed by atoms with van der Waals surface area (Å²) in [5.74, 6) is -6.74. The van der Waals surface area contributed by atoms with Gasteiger partial charge in [0.05, 0.1) is 19.3 Å². The van der Waals surface area contributed by atoms with E-state index in [1.165, 1.54) is 0 Å². The number of carbonyl (C=O) groups is 6. The number of aliphatic hydroxyl groups is 3. The highest BCUT2D eigenvalue weighted by atomic mass is 16.4. The molecule has 1 atom stereocenters. The van der Waals surface area contributed by atoms with Gasteiger partial charge in [0.2, 0.25) is 0 Å². The van der Waals surface area contributed by atoms with Gasteiger partial charge in [0, 0.05) is 26.1 Å². The van der Waals surface area contributed by atoms with Gasteiger partial charge >= 0.3 is 35.8 Å². The van der Waals surface area contributed by atoms with E-state index >= 15 is 0 Å². The van der Waals surface area contributed by atoms with E-state index < -0.39 is 48.3 Å². The zero-order valence-electron chi connectivity index (χ0n) is 17.8. The summed E-state index contributed by atoms with van der Waals surface area (Å²) >= 11 is 0. The van der Waals surface area contributed by atoms with Gasteiger partial charge in [0.1, 0.15) is 0 Å². The van der Waals surface area contributed by atoms with Crippen molar-refractivity contribution in [3.8, 4) is 0 Å². The number of hydrogen-bond donors (Lipinski definition) is 9. The van der Waals surface area contributed by atoms with Gasteiger partial charge in [0.15, 0.2) is 6.10 Å². The van der Waals surface area contributed by atoms with E-state index in [2.05, 4.69) is 0 Å². The first-order valence-electron chi connectivity index (χ1n) is 9.42. The highest BCUT2D eigenvalue weighted by molar-refractivity contribution is 5.79. The fourth-order valence-electron chi connectivity index (χ4n) is 1.24. The van der Waals surface area contributed by atoms with Gasteiger partial charge in [0.25, 0.3) is 0 Å². The Labute approximate surface area is 188 Å². The van der Waals surface area contributed by atoms with Crippen molar-refractivity contribution in [2.45, 2.75) is 63.9 Å². The maximum Gasteiger partial charge on any atom is 0.333 e. The Hall–Kier alpha value is -3.30. The summed E-state index contributed by atoms with van der Waals surface area (Å²) in [7, 11) is 0. The van der Waals surface area contributed by atoms with Crippen molar-refractivity contribution in [1.82, 2.24) is 0 Å². The maximum absolute atomic E-state index is 9.90. The van der Waals surface area contributed by atoms with Gasteiger partial charge in [-0.15, -0.1) is 0 Å². The molecule has 9 N–H and O–H groups in total. The highest BCUT2D eigenvalue weighted by Gasteiger charge is 2.16. The molecule has 0 rings (SSSR count). The lowest BCUT2D eigenvalue weighted by Crippen LogP contribution is -2.22. The number of unbranched alkanes of at least 4 members (excludes halogenated alkanes) is 2. The molecule has 0 fully saturated rings. The lowest BCUT2D eigenvalue weighted by molar-refractivity contribution is -0.152. The van der Waals surface area contributed by atoms with Crippen molar-refractivity contribution in [2.24, 2.45) is 0 Å². The van der Waals surface area contributed by atoms with Crippen LogP contribution in [0.25, 0.3) is 0 Å². The average Bonchev–Trinajstić information content (AvgIpc) is 2.68. The third-order valence-electron chi connectivity index (χ3n) is 2.80. The molecule has 0 aromatic heterocycles. The standard InChI is InChI=1S/C6H10O4.C4H6O5.C4H6O4.C4H10O2/c7-5(8)3-1-2-4-6(9)10;5-2(4(8)9)1-3(6)7;5-3(6)1-2-4(7)8;5-3-1-2-4-6/h1-4H2,(H,7,8)(H,9,10);2,5H,1H2,(H,6,7)(H,8,9);1-2H2,(H,5,6)(H,7,8);5-6H,1-4H2. The predicted molar refractivity (Wildman–Crippen MR) is 108 cm³/mol. The summed E-state index contributed by atoms with van der Waals surface area (Å²) in [5.41, 5.74) is 0. The van der Waals surface area contributed by atoms with Crippen LogP contribution < -0.4 is 0 Å². The van der Waals surface area contributed by atoms with Crippen LogP contribution >= 0.6 is 0 Å². The smallest absolute Gasteiger partial charge is 0.333 e. The summed E-state index contributed by atoms with van der Waals surface area (Å²) in [6.45, 7) is 0.390. The molecule has 0 saturated heterocycles. The van der Waals surface area contributed by atoms with Gasteiger partial charge in [-0.3, -0.25) is 24.0 Å². The van der Waals surface area contributed by atoms with Gasteiger partial charge in [-0.1, -0.05) is 0 Å². The van der Waals surface area contributed by atoms with Gasteiger partial charge < -0.3 is 46.0 Å². The van der Waals surface area contributed by atoms with E-state index in [-0.39, 0.29) is 38.9 Å². The third kappa shape index (κ3) is 52.7. The molecule has 0 aliphatic carbocycles. The van der Waals surface area contributed by atoms with Crippen molar-refractivity contribution in [3.05, 3.63) is 0 Å². The van der Waals surface area contributed by atoms with E-state index in [0.717, 1.165) is 12.8 Å². The average molecular weight is 488 g/mol. The topological polar surface area (TPSA) is 284 Å². The number of aliphatic hydroxyl groups excluding tert-OH is 3. The summed E-state index contributed by atoms with van der Waals surface area (Å²) in [6, 6.07) is 0. The molecule has 194 valence electrons. The molecule has 0 amide bonds. The van der Waals surface area contributed by atoms with E-state index in [1.54, 1.807) is 0 Å². The monoisotopic (exact) mass is 488 g/mol. The van der Waals surface area contributed by atoms with Crippen molar-refractivity contribution in [3.63, 3.8) is 0 Å². The quantitative estimate of drug-likeness (QED) is 0.137. The molecule has 0 spiro atoms. The largest absolute Gasteiger partial charge is 0.481 e. The van der Waals surface area contributed by atoms with Crippen LogP contribution in [-0.4, -0.2) is 101 Å². The Balaban J connectivity index is -0.000000173. The molecule has 33 heavy (non-hydrogen) atoms. The molecule has 0 bridgehead atoms. The Morgan fingerprint density at radius 3 is 0.939 bits per heavy atom. The lowest BCUT2D eigenvalue weighted by Gasteiger charge is -1.97. The van der Waals surface area contributed by atoms with Crippen LogP contribution in [0.2, 0.25) is 0 Å². The Kier molecular flexibility index (Phi) is 30.0. The van der Waals surface area contributed by atoms with Crippen LogP contribution in [0.15, 0.2) is 0 Å². The molecule has 0 saturated carbocycles. The summed E-state index contributed by atoms with van der Waals surface area (Å²) in [4.78, 5) is 58.5. The minimum absolute atomic E-state index is 0.0628. The van der Waals surface area contributed by atoms with Crippen LogP contribution in [0.4, 0.5) is 0 Å². The minimum Gasteiger partial charge on any atom is -0.481 e. The second-order valence-corrected chi connectivity index (χ2v) is 5.89. The number of carboxylic acid groups (broad SMARTS) is 6. The first kappa shape index (κ1) is 37.0. The van der Waals surface area contributed by atoms with E-state index in [4.69, 9.17) is 46.0 Å². The zero-order valence-corrected chi connectivity index (χ0v) is 17.8. The number of hydrogen-bond acceptors (Lipinski definition) is 9. The first-order chi connectivity index (χ1) is 15.2. The molecule has 1 unspecified atom stereocenters. The van der Waals surface area contributed by atoms with Crippen LogP contribution in [0.3, 0.4) is 0 Å². The minimum atomic E-state index is -1.79. The SMILES string of the molecule is O=C(O)CC(O)C(=O)O.O=C(O)CCC(=O)O.O=C(O)CCCCC(=O)O.OCCCCO. The van der Waals surface area contributed by atoms with Crippen molar-refractivity contribution in [1.29, 1.82) is 0 Å². The number of carboxylic acids is 6. The molecule has 15 nitrogen and oxygen atoms in total. The Morgan fingerprint density at radius 2 is 0.788 bits per heavy atom. The number of aliphatic carboxylic acids is 6. The molecule has 0 aliphatic heterocycles. The molecule has 0 heterocycles. The fraction of sp³-hybridized carbons (Fsp3) is 0.667. The number of rotatable bonds is 14. The van der Waals surface area contributed by atoms with Gasteiger partial charge in [-0.25, -0.2) is 4.79 Å². The molecule has 0 radical (unpaired) electrons. The van der Waals surface area contributed by atoms with Crippen LogP contribution in [0.5, 0.6) is 0 Å². The highest BCUT2D eigenvalue weighted by Crippen LogP contribution is 1.98. The van der Waals surface area contributed by atoms with Crippen LogP contribution in [-0.2, 0) is 28.8 Å². The summed E-state index contributed by atoms with van der Waals surface area (Å²) in [5, 5.41) is 72.4. The summed E-state index contributed by atoms with van der Waals surface area (Å²) < 4.78 is 0. The second kappa shape index (κ2) is 26.7. The van der Waals surface area contributed by atoms with Gasteiger partial charge in [-0.05, 0) is 25.7 Å². The van der Waals surface area contributed by atoms with Crippen molar-refractivity contribution < 1.29 is 74.7 Å². The van der Waals surface area contributed by atoms with Gasteiger partial charge in [-0.2, -0.15) is 0 Å².